The van der Waals surface area contributed by atoms with E-state index in [1.165, 1.54) is 23.2 Å². The summed E-state index contributed by atoms with van der Waals surface area (Å²) in [5.74, 6) is -1.15. The molecule has 0 spiro atoms. The monoisotopic (exact) mass is 563 g/mol. The fourth-order valence-corrected chi connectivity index (χ4v) is 5.73. The highest BCUT2D eigenvalue weighted by atomic mass is 19.1. The van der Waals surface area contributed by atoms with E-state index in [-0.39, 0.29) is 52.5 Å². The molecular formula is C34H30FN3O4. The number of halogens is 1. The van der Waals surface area contributed by atoms with E-state index in [1.807, 2.05) is 44.2 Å². The van der Waals surface area contributed by atoms with Crippen LogP contribution in [0.4, 0.5) is 15.8 Å². The topological polar surface area (TPSA) is 91.8 Å². The van der Waals surface area contributed by atoms with Crippen LogP contribution in [0.3, 0.4) is 0 Å². The fraction of sp³-hybridized carbons (Fsp3) is 0.206. The Morgan fingerprint density at radius 1 is 1.05 bits per heavy atom. The molecule has 2 aliphatic rings. The third-order valence-corrected chi connectivity index (χ3v) is 7.63. The molecule has 42 heavy (non-hydrogen) atoms. The number of amides is 1. The number of hydrogen-bond donors (Lipinski definition) is 2. The summed E-state index contributed by atoms with van der Waals surface area (Å²) in [6.07, 6.45) is 2.18. The molecular weight excluding hydrogens is 533 g/mol. The molecule has 0 saturated carbocycles. The standard InChI is InChI=1S/C34H30FN3O4/c1-34(2)18-26-30(29(40)19-34)32(23-15-14-22(17-24(23)35)42-20-21-9-4-3-5-10-21)38(33(41)25-11-6-7-16-36-25)27-12-8-13-28(39)31(27)37-26/h3-17,32,37,39H,18-20H2,1-2H3/t32-/m0/s1. The number of ketones is 1. The molecule has 1 aliphatic heterocycles. The van der Waals surface area contributed by atoms with Crippen LogP contribution in [0.15, 0.2) is 102 Å². The van der Waals surface area contributed by atoms with Crippen molar-refractivity contribution in [2.75, 3.05) is 10.2 Å². The van der Waals surface area contributed by atoms with Crippen molar-refractivity contribution in [3.63, 3.8) is 0 Å². The smallest absolute Gasteiger partial charge is 0.277 e. The van der Waals surface area contributed by atoms with Crippen molar-refractivity contribution >= 4 is 23.1 Å². The zero-order chi connectivity index (χ0) is 29.4. The Hall–Kier alpha value is -4.98. The van der Waals surface area contributed by atoms with Crippen molar-refractivity contribution in [2.45, 2.75) is 39.3 Å². The normalized spacial score (nSPS) is 17.5. The van der Waals surface area contributed by atoms with Gasteiger partial charge >= 0.3 is 0 Å². The average molecular weight is 564 g/mol. The number of nitrogens with one attached hydrogen (secondary N) is 1. The quantitative estimate of drug-likeness (QED) is 0.255. The molecule has 2 heterocycles. The second-order valence-electron chi connectivity index (χ2n) is 11.4. The van der Waals surface area contributed by atoms with Gasteiger partial charge in [-0.15, -0.1) is 0 Å². The minimum atomic E-state index is -1.13. The van der Waals surface area contributed by atoms with Crippen molar-refractivity contribution < 1.29 is 23.8 Å². The summed E-state index contributed by atoms with van der Waals surface area (Å²) in [5, 5.41) is 14.2. The Kier molecular flexibility index (Phi) is 6.98. The van der Waals surface area contributed by atoms with Crippen LogP contribution >= 0.6 is 0 Å². The number of anilines is 2. The van der Waals surface area contributed by atoms with Gasteiger partial charge in [0.2, 0.25) is 0 Å². The maximum absolute atomic E-state index is 16.2. The third kappa shape index (κ3) is 5.11. The second-order valence-corrected chi connectivity index (χ2v) is 11.4. The lowest BCUT2D eigenvalue weighted by Crippen LogP contribution is -2.40. The van der Waals surface area contributed by atoms with Gasteiger partial charge in [0.15, 0.2) is 5.78 Å². The number of Topliss-reactive ketones (excluding diaryl/α,β-unsaturated/α-hetero) is 1. The van der Waals surface area contributed by atoms with Gasteiger partial charge in [-0.1, -0.05) is 56.3 Å². The summed E-state index contributed by atoms with van der Waals surface area (Å²) in [6.45, 7) is 4.23. The Bertz CT molecular complexity index is 1700. The Labute approximate surface area is 243 Å². The van der Waals surface area contributed by atoms with Crippen LogP contribution < -0.4 is 15.0 Å². The lowest BCUT2D eigenvalue weighted by atomic mass is 9.73. The average Bonchev–Trinajstić information content (AvgIpc) is 3.11. The predicted octanol–water partition coefficient (Wildman–Crippen LogP) is 6.96. The Morgan fingerprint density at radius 3 is 2.57 bits per heavy atom. The molecule has 7 nitrogen and oxygen atoms in total. The number of ether oxygens (including phenoxy) is 1. The zero-order valence-electron chi connectivity index (χ0n) is 23.3. The number of pyridine rings is 1. The van der Waals surface area contributed by atoms with Crippen LogP contribution in [0.5, 0.6) is 11.5 Å². The first-order chi connectivity index (χ1) is 20.2. The van der Waals surface area contributed by atoms with Crippen molar-refractivity contribution in [2.24, 2.45) is 5.41 Å². The number of allylic oxidation sites excluding steroid dienone is 1. The van der Waals surface area contributed by atoms with E-state index >= 15 is 4.39 Å². The summed E-state index contributed by atoms with van der Waals surface area (Å²) in [5.41, 5.74) is 2.20. The summed E-state index contributed by atoms with van der Waals surface area (Å²) >= 11 is 0. The third-order valence-electron chi connectivity index (χ3n) is 7.63. The van der Waals surface area contributed by atoms with E-state index in [2.05, 4.69) is 10.3 Å². The number of phenolic OH excluding ortho intramolecular Hbond substituents is 1. The van der Waals surface area contributed by atoms with Gasteiger partial charge in [0.25, 0.3) is 5.91 Å². The molecule has 212 valence electrons. The van der Waals surface area contributed by atoms with Crippen LogP contribution in [-0.2, 0) is 11.4 Å². The first-order valence-corrected chi connectivity index (χ1v) is 13.8. The van der Waals surface area contributed by atoms with Gasteiger partial charge in [-0.05, 0) is 53.8 Å². The summed E-state index contributed by atoms with van der Waals surface area (Å²) in [4.78, 5) is 33.7. The molecule has 2 N–H and O–H groups in total. The molecule has 0 radical (unpaired) electrons. The lowest BCUT2D eigenvalue weighted by Gasteiger charge is -2.37. The van der Waals surface area contributed by atoms with Crippen LogP contribution in [0.1, 0.15) is 54.3 Å². The molecule has 1 atom stereocenters. The molecule has 0 saturated heterocycles. The minimum absolute atomic E-state index is 0.0974. The molecule has 0 fully saturated rings. The number of aromatic hydroxyl groups is 1. The Balaban J connectivity index is 1.52. The van der Waals surface area contributed by atoms with Gasteiger partial charge in [-0.3, -0.25) is 19.5 Å². The SMILES string of the molecule is CC1(C)CC(=O)C2=C(C1)Nc1c(O)cccc1N(C(=O)c1ccccn1)[C@H]2c1ccc(OCc2ccccc2)cc1F. The zero-order valence-corrected chi connectivity index (χ0v) is 23.3. The summed E-state index contributed by atoms with van der Waals surface area (Å²) in [7, 11) is 0. The maximum Gasteiger partial charge on any atom is 0.277 e. The second kappa shape index (κ2) is 10.8. The highest BCUT2D eigenvalue weighted by Gasteiger charge is 2.45. The molecule has 0 bridgehead atoms. The highest BCUT2D eigenvalue weighted by Crippen LogP contribution is 2.51. The minimum Gasteiger partial charge on any atom is -0.506 e. The number of hydrogen-bond acceptors (Lipinski definition) is 6. The van der Waals surface area contributed by atoms with Crippen molar-refractivity contribution in [1.29, 1.82) is 0 Å². The number of carbonyl (C=O) groups excluding carboxylic acids is 2. The molecule has 1 aliphatic carbocycles. The number of aromatic nitrogens is 1. The number of nitrogens with zero attached hydrogens (tertiary/aromatic N) is 2. The predicted molar refractivity (Wildman–Crippen MR) is 158 cm³/mol. The number of fused-ring (bicyclic) bond motifs is 1. The van der Waals surface area contributed by atoms with E-state index in [4.69, 9.17) is 4.74 Å². The van der Waals surface area contributed by atoms with Gasteiger partial charge < -0.3 is 15.2 Å². The van der Waals surface area contributed by atoms with Gasteiger partial charge in [-0.2, -0.15) is 0 Å². The van der Waals surface area contributed by atoms with E-state index in [0.717, 1.165) is 5.56 Å². The van der Waals surface area contributed by atoms with Gasteiger partial charge in [0.1, 0.15) is 35.3 Å². The van der Waals surface area contributed by atoms with E-state index in [9.17, 15) is 14.7 Å². The number of benzene rings is 3. The largest absolute Gasteiger partial charge is 0.506 e. The number of para-hydroxylation sites is 1. The van der Waals surface area contributed by atoms with Crippen LogP contribution in [0.25, 0.3) is 0 Å². The van der Waals surface area contributed by atoms with Crippen LogP contribution in [-0.4, -0.2) is 21.8 Å². The van der Waals surface area contributed by atoms with Gasteiger partial charge in [-0.25, -0.2) is 4.39 Å². The number of phenols is 1. The van der Waals surface area contributed by atoms with Crippen LogP contribution in [0, 0.1) is 11.2 Å². The van der Waals surface area contributed by atoms with E-state index in [1.54, 1.807) is 42.5 Å². The van der Waals surface area contributed by atoms with Crippen molar-refractivity contribution in [3.05, 3.63) is 125 Å². The van der Waals surface area contributed by atoms with Crippen molar-refractivity contribution in [1.82, 2.24) is 4.98 Å². The molecule has 0 unspecified atom stereocenters. The first-order valence-electron chi connectivity index (χ1n) is 13.8. The number of rotatable bonds is 5. The highest BCUT2D eigenvalue weighted by molar-refractivity contribution is 6.11. The molecule has 8 heteroatoms. The fourth-order valence-electron chi connectivity index (χ4n) is 5.73. The molecule has 1 amide bonds. The maximum atomic E-state index is 16.2. The van der Waals surface area contributed by atoms with Gasteiger partial charge in [0.05, 0.1) is 11.7 Å². The summed E-state index contributed by atoms with van der Waals surface area (Å²) in [6, 6.07) is 22.6. The lowest BCUT2D eigenvalue weighted by molar-refractivity contribution is -0.118. The Morgan fingerprint density at radius 2 is 1.83 bits per heavy atom. The molecule has 1 aromatic heterocycles. The first kappa shape index (κ1) is 27.2. The molecule has 6 rings (SSSR count). The van der Waals surface area contributed by atoms with Crippen LogP contribution in [0.2, 0.25) is 0 Å². The van der Waals surface area contributed by atoms with E-state index in [0.29, 0.717) is 23.6 Å². The van der Waals surface area contributed by atoms with E-state index < -0.39 is 17.8 Å². The summed E-state index contributed by atoms with van der Waals surface area (Å²) < 4.78 is 22.0. The van der Waals surface area contributed by atoms with Crippen molar-refractivity contribution in [3.8, 4) is 11.5 Å². The van der Waals surface area contributed by atoms with Gasteiger partial charge in [0, 0.05) is 35.5 Å². The molecule has 4 aromatic rings. The molecule has 3 aromatic carbocycles. The number of carbonyl (C=O) groups is 2.